The van der Waals surface area contributed by atoms with Gasteiger partial charge in [0.25, 0.3) is 0 Å². The van der Waals surface area contributed by atoms with Gasteiger partial charge in [0, 0.05) is 31.8 Å². The molecule has 1 amide bonds. The Balaban J connectivity index is 1.77. The van der Waals surface area contributed by atoms with Crippen LogP contribution in [-0.4, -0.2) is 44.2 Å². The molecule has 1 aromatic rings. The largest absolute Gasteiger partial charge is 0.495 e. The zero-order valence-corrected chi connectivity index (χ0v) is 14.3. The molecule has 5 heteroatoms. The lowest BCUT2D eigenvalue weighted by Gasteiger charge is -2.21. The Morgan fingerprint density at radius 3 is 3.05 bits per heavy atom. The highest BCUT2D eigenvalue weighted by molar-refractivity contribution is 7.99. The fraction of sp³-hybridized carbons (Fsp3) is 0.588. The van der Waals surface area contributed by atoms with Crippen molar-refractivity contribution in [3.63, 3.8) is 0 Å². The van der Waals surface area contributed by atoms with E-state index in [1.54, 1.807) is 7.11 Å². The van der Waals surface area contributed by atoms with Crippen molar-refractivity contribution in [1.29, 1.82) is 0 Å². The number of ether oxygens (including phenoxy) is 1. The van der Waals surface area contributed by atoms with Crippen molar-refractivity contribution in [2.75, 3.05) is 43.1 Å². The van der Waals surface area contributed by atoms with Gasteiger partial charge >= 0.3 is 0 Å². The Hall–Kier alpha value is -1.36. The van der Waals surface area contributed by atoms with Gasteiger partial charge in [0.15, 0.2) is 0 Å². The van der Waals surface area contributed by atoms with Crippen LogP contribution in [0, 0.1) is 5.92 Å². The highest BCUT2D eigenvalue weighted by Gasteiger charge is 2.24. The summed E-state index contributed by atoms with van der Waals surface area (Å²) in [6, 6.07) is 8.13. The number of methoxy groups -OCH3 is 1. The van der Waals surface area contributed by atoms with Crippen LogP contribution in [0.5, 0.6) is 5.75 Å². The van der Waals surface area contributed by atoms with Crippen molar-refractivity contribution in [3.05, 3.63) is 24.3 Å². The van der Waals surface area contributed by atoms with Crippen LogP contribution < -0.4 is 15.0 Å². The van der Waals surface area contributed by atoms with Gasteiger partial charge in [-0.25, -0.2) is 0 Å². The lowest BCUT2D eigenvalue weighted by Crippen LogP contribution is -2.31. The molecule has 0 saturated carbocycles. The highest BCUT2D eigenvalue weighted by atomic mass is 32.2. The lowest BCUT2D eigenvalue weighted by molar-refractivity contribution is -0.120. The van der Waals surface area contributed by atoms with Crippen molar-refractivity contribution in [2.45, 2.75) is 19.8 Å². The number of nitrogens with one attached hydrogen (secondary N) is 1. The summed E-state index contributed by atoms with van der Waals surface area (Å²) in [5.74, 6) is 3.61. The number of carbonyl (C=O) groups is 1. The molecule has 1 N–H and O–H groups in total. The predicted molar refractivity (Wildman–Crippen MR) is 93.9 cm³/mol. The fourth-order valence-electron chi connectivity index (χ4n) is 2.76. The maximum atomic E-state index is 11.8. The second-order valence-electron chi connectivity index (χ2n) is 5.52. The summed E-state index contributed by atoms with van der Waals surface area (Å²) in [7, 11) is 1.71. The van der Waals surface area contributed by atoms with E-state index in [1.165, 1.54) is 0 Å². The number of hydrogen-bond acceptors (Lipinski definition) is 4. The molecule has 0 aliphatic carbocycles. The van der Waals surface area contributed by atoms with E-state index in [0.717, 1.165) is 49.0 Å². The zero-order valence-electron chi connectivity index (χ0n) is 13.5. The van der Waals surface area contributed by atoms with Crippen LogP contribution in [0.3, 0.4) is 0 Å². The molecule has 4 nitrogen and oxygen atoms in total. The van der Waals surface area contributed by atoms with Crippen LogP contribution in [0.4, 0.5) is 5.69 Å². The summed E-state index contributed by atoms with van der Waals surface area (Å²) < 4.78 is 5.43. The molecule has 0 bridgehead atoms. The quantitative estimate of drug-likeness (QED) is 0.747. The number of thioether (sulfide) groups is 1. The topological polar surface area (TPSA) is 41.6 Å². The Morgan fingerprint density at radius 1 is 1.45 bits per heavy atom. The number of hydrogen-bond donors (Lipinski definition) is 1. The molecule has 0 spiro atoms. The van der Waals surface area contributed by atoms with Crippen molar-refractivity contribution in [1.82, 2.24) is 5.32 Å². The number of anilines is 1. The Kier molecular flexibility index (Phi) is 6.90. The molecular weight excluding hydrogens is 296 g/mol. The van der Waals surface area contributed by atoms with E-state index in [-0.39, 0.29) is 5.91 Å². The van der Waals surface area contributed by atoms with Crippen LogP contribution in [0.1, 0.15) is 19.8 Å². The van der Waals surface area contributed by atoms with E-state index < -0.39 is 0 Å². The van der Waals surface area contributed by atoms with Gasteiger partial charge in [0.1, 0.15) is 5.75 Å². The van der Waals surface area contributed by atoms with E-state index in [0.29, 0.717) is 12.3 Å². The van der Waals surface area contributed by atoms with Crippen LogP contribution in [0.25, 0.3) is 0 Å². The van der Waals surface area contributed by atoms with Crippen LogP contribution >= 0.6 is 11.8 Å². The molecule has 1 aliphatic heterocycles. The van der Waals surface area contributed by atoms with Gasteiger partial charge < -0.3 is 15.0 Å². The summed E-state index contributed by atoms with van der Waals surface area (Å²) >= 11 is 1.81. The van der Waals surface area contributed by atoms with Crippen LogP contribution in [-0.2, 0) is 4.79 Å². The van der Waals surface area contributed by atoms with Crippen molar-refractivity contribution in [3.8, 4) is 5.75 Å². The molecule has 1 saturated heterocycles. The van der Waals surface area contributed by atoms with Gasteiger partial charge in [-0.15, -0.1) is 0 Å². The van der Waals surface area contributed by atoms with Gasteiger partial charge in [0.05, 0.1) is 12.8 Å². The third-order valence-electron chi connectivity index (χ3n) is 3.98. The second-order valence-corrected chi connectivity index (χ2v) is 6.92. The minimum atomic E-state index is 0.177. The normalized spacial score (nSPS) is 17.5. The molecule has 0 unspecified atom stereocenters. The third kappa shape index (κ3) is 4.83. The summed E-state index contributed by atoms with van der Waals surface area (Å²) in [6.07, 6.45) is 1.74. The van der Waals surface area contributed by atoms with Gasteiger partial charge in [-0.2, -0.15) is 11.8 Å². The molecule has 122 valence electrons. The van der Waals surface area contributed by atoms with E-state index in [1.807, 2.05) is 30.0 Å². The molecule has 1 aromatic carbocycles. The first-order valence-electron chi connectivity index (χ1n) is 7.97. The standard InChI is InChI=1S/C17H26N2O2S/c1-3-22-11-9-17(20)18-12-14-8-10-19(13-14)15-6-4-5-7-16(15)21-2/h4-7,14H,3,8-13H2,1-2H3,(H,18,20)/t14-/m0/s1. The van der Waals surface area contributed by atoms with Crippen molar-refractivity contribution >= 4 is 23.4 Å². The molecule has 1 aliphatic rings. The zero-order chi connectivity index (χ0) is 15.8. The minimum absolute atomic E-state index is 0.177. The van der Waals surface area contributed by atoms with Crippen LogP contribution in [0.2, 0.25) is 0 Å². The number of rotatable bonds is 8. The highest BCUT2D eigenvalue weighted by Crippen LogP contribution is 2.31. The first-order valence-corrected chi connectivity index (χ1v) is 9.12. The van der Waals surface area contributed by atoms with Crippen molar-refractivity contribution in [2.24, 2.45) is 5.92 Å². The first-order chi connectivity index (χ1) is 10.7. The smallest absolute Gasteiger partial charge is 0.220 e. The molecule has 0 radical (unpaired) electrons. The monoisotopic (exact) mass is 322 g/mol. The maximum Gasteiger partial charge on any atom is 0.220 e. The lowest BCUT2D eigenvalue weighted by atomic mass is 10.1. The molecule has 1 heterocycles. The van der Waals surface area contributed by atoms with E-state index in [9.17, 15) is 4.79 Å². The summed E-state index contributed by atoms with van der Waals surface area (Å²) in [5.41, 5.74) is 1.15. The summed E-state index contributed by atoms with van der Waals surface area (Å²) in [5, 5.41) is 3.07. The van der Waals surface area contributed by atoms with E-state index in [2.05, 4.69) is 23.2 Å². The first kappa shape index (κ1) is 17.0. The second kappa shape index (κ2) is 8.93. The van der Waals surface area contributed by atoms with E-state index in [4.69, 9.17) is 4.74 Å². The van der Waals surface area contributed by atoms with Crippen molar-refractivity contribution < 1.29 is 9.53 Å². The van der Waals surface area contributed by atoms with Gasteiger partial charge in [-0.3, -0.25) is 4.79 Å². The molecule has 22 heavy (non-hydrogen) atoms. The van der Waals surface area contributed by atoms with Crippen LogP contribution in [0.15, 0.2) is 24.3 Å². The molecule has 0 aromatic heterocycles. The number of carbonyl (C=O) groups excluding carboxylic acids is 1. The minimum Gasteiger partial charge on any atom is -0.495 e. The average molecular weight is 322 g/mol. The predicted octanol–water partition coefficient (Wildman–Crippen LogP) is 2.78. The number of amides is 1. The summed E-state index contributed by atoms with van der Waals surface area (Å²) in [6.45, 7) is 4.89. The van der Waals surface area contributed by atoms with Gasteiger partial charge in [-0.05, 0) is 30.2 Å². The number of benzene rings is 1. The van der Waals surface area contributed by atoms with E-state index >= 15 is 0 Å². The molecule has 1 atom stereocenters. The Labute approximate surface area is 137 Å². The number of nitrogens with zero attached hydrogens (tertiary/aromatic N) is 1. The van der Waals surface area contributed by atoms with Gasteiger partial charge in [-0.1, -0.05) is 19.1 Å². The third-order valence-corrected chi connectivity index (χ3v) is 4.88. The molecule has 2 rings (SSSR count). The molecular formula is C17H26N2O2S. The Morgan fingerprint density at radius 2 is 2.27 bits per heavy atom. The average Bonchev–Trinajstić information content (AvgIpc) is 3.02. The number of para-hydroxylation sites is 2. The molecule has 1 fully saturated rings. The van der Waals surface area contributed by atoms with Gasteiger partial charge in [0.2, 0.25) is 5.91 Å². The maximum absolute atomic E-state index is 11.8. The summed E-state index contributed by atoms with van der Waals surface area (Å²) in [4.78, 5) is 14.1. The fourth-order valence-corrected chi connectivity index (χ4v) is 3.38. The SMILES string of the molecule is CCSCCC(=O)NC[C@@H]1CCN(c2ccccc2OC)C1. The Bertz CT molecular complexity index is 481.